The minimum absolute atomic E-state index is 0.0283. The van der Waals surface area contributed by atoms with Gasteiger partial charge in [-0.1, -0.05) is 44.2 Å². The van der Waals surface area contributed by atoms with Crippen LogP contribution in [0.1, 0.15) is 32.4 Å². The van der Waals surface area contributed by atoms with Gasteiger partial charge in [-0.3, -0.25) is 4.79 Å². The van der Waals surface area contributed by atoms with E-state index in [9.17, 15) is 4.79 Å². The first-order valence-corrected chi connectivity index (χ1v) is 7.90. The van der Waals surface area contributed by atoms with Crippen LogP contribution in [0.15, 0.2) is 30.3 Å². The van der Waals surface area contributed by atoms with E-state index in [-0.39, 0.29) is 23.9 Å². The van der Waals surface area contributed by atoms with Crippen molar-refractivity contribution in [2.45, 2.75) is 32.9 Å². The first-order valence-electron chi connectivity index (χ1n) is 6.74. The van der Waals surface area contributed by atoms with Gasteiger partial charge in [0.2, 0.25) is 5.91 Å². The number of carbonyl (C=O) groups excluding carboxylic acids is 1. The zero-order valence-electron chi connectivity index (χ0n) is 11.9. The number of rotatable bonds is 7. The molecule has 0 aromatic heterocycles. The van der Waals surface area contributed by atoms with Crippen LogP contribution in [-0.2, 0) is 4.79 Å². The van der Waals surface area contributed by atoms with Gasteiger partial charge in [0.15, 0.2) is 0 Å². The second-order valence-corrected chi connectivity index (χ2v) is 6.11. The van der Waals surface area contributed by atoms with Crippen LogP contribution < -0.4 is 11.1 Å². The summed E-state index contributed by atoms with van der Waals surface area (Å²) in [5.74, 6) is 1.81. The molecule has 0 spiro atoms. The van der Waals surface area contributed by atoms with E-state index >= 15 is 0 Å². The van der Waals surface area contributed by atoms with Crippen LogP contribution in [-0.4, -0.2) is 23.5 Å². The molecule has 0 radical (unpaired) electrons. The SMILES string of the molecule is CCSCC(C)NC(=O)C(C)C(N)c1ccccc1. The normalized spacial score (nSPS) is 15.6. The number of nitrogens with one attached hydrogen (secondary N) is 1. The maximum Gasteiger partial charge on any atom is 0.224 e. The molecule has 106 valence electrons. The van der Waals surface area contributed by atoms with Crippen LogP contribution in [0.3, 0.4) is 0 Å². The van der Waals surface area contributed by atoms with Crippen molar-refractivity contribution in [3.63, 3.8) is 0 Å². The van der Waals surface area contributed by atoms with E-state index in [1.807, 2.05) is 55.9 Å². The predicted molar refractivity (Wildman–Crippen MR) is 83.1 cm³/mol. The minimum Gasteiger partial charge on any atom is -0.353 e. The summed E-state index contributed by atoms with van der Waals surface area (Å²) in [5, 5.41) is 3.03. The third kappa shape index (κ3) is 5.25. The van der Waals surface area contributed by atoms with Crippen molar-refractivity contribution in [3.05, 3.63) is 35.9 Å². The fourth-order valence-corrected chi connectivity index (χ4v) is 2.51. The molecule has 19 heavy (non-hydrogen) atoms. The standard InChI is InChI=1S/C15H24N2OS/c1-4-19-10-11(2)17-15(18)12(3)14(16)13-8-6-5-7-9-13/h5-9,11-12,14H,4,10,16H2,1-3H3,(H,17,18). The molecule has 3 N–H and O–H groups in total. The largest absolute Gasteiger partial charge is 0.353 e. The summed E-state index contributed by atoms with van der Waals surface area (Å²) < 4.78 is 0. The molecule has 0 aliphatic rings. The molecular weight excluding hydrogens is 256 g/mol. The van der Waals surface area contributed by atoms with Crippen LogP contribution in [0, 0.1) is 5.92 Å². The van der Waals surface area contributed by atoms with E-state index in [1.165, 1.54) is 0 Å². The zero-order valence-corrected chi connectivity index (χ0v) is 12.7. The maximum absolute atomic E-state index is 12.1. The molecule has 0 fully saturated rings. The molecule has 0 saturated heterocycles. The van der Waals surface area contributed by atoms with E-state index in [0.717, 1.165) is 17.1 Å². The lowest BCUT2D eigenvalue weighted by molar-refractivity contribution is -0.125. The average molecular weight is 280 g/mol. The number of amides is 1. The monoisotopic (exact) mass is 280 g/mol. The lowest BCUT2D eigenvalue weighted by Gasteiger charge is -2.22. The highest BCUT2D eigenvalue weighted by Gasteiger charge is 2.22. The Hall–Kier alpha value is -1.00. The van der Waals surface area contributed by atoms with Gasteiger partial charge < -0.3 is 11.1 Å². The number of nitrogens with two attached hydrogens (primary N) is 1. The highest BCUT2D eigenvalue weighted by Crippen LogP contribution is 2.19. The molecule has 0 heterocycles. The second-order valence-electron chi connectivity index (χ2n) is 4.79. The molecule has 4 heteroatoms. The third-order valence-corrected chi connectivity index (χ3v) is 4.24. The van der Waals surface area contributed by atoms with Crippen LogP contribution in [0.4, 0.5) is 0 Å². The van der Waals surface area contributed by atoms with Crippen molar-refractivity contribution in [1.29, 1.82) is 0 Å². The number of hydrogen-bond donors (Lipinski definition) is 2. The summed E-state index contributed by atoms with van der Waals surface area (Å²) in [7, 11) is 0. The first-order chi connectivity index (χ1) is 9.06. The molecule has 3 atom stereocenters. The average Bonchev–Trinajstić information content (AvgIpc) is 2.44. The Balaban J connectivity index is 2.52. The summed E-state index contributed by atoms with van der Waals surface area (Å²) in [4.78, 5) is 12.1. The van der Waals surface area contributed by atoms with Gasteiger partial charge in [0.1, 0.15) is 0 Å². The third-order valence-electron chi connectivity index (χ3n) is 3.10. The van der Waals surface area contributed by atoms with Gasteiger partial charge in [0.05, 0.1) is 5.92 Å². The topological polar surface area (TPSA) is 55.1 Å². The Morgan fingerprint density at radius 1 is 1.32 bits per heavy atom. The fourth-order valence-electron chi connectivity index (χ4n) is 1.84. The number of benzene rings is 1. The van der Waals surface area contributed by atoms with E-state index in [4.69, 9.17) is 5.73 Å². The molecule has 3 nitrogen and oxygen atoms in total. The Morgan fingerprint density at radius 2 is 1.95 bits per heavy atom. The van der Waals surface area contributed by atoms with E-state index < -0.39 is 0 Å². The number of thioether (sulfide) groups is 1. The highest BCUT2D eigenvalue weighted by atomic mass is 32.2. The van der Waals surface area contributed by atoms with Gasteiger partial charge in [-0.2, -0.15) is 11.8 Å². The maximum atomic E-state index is 12.1. The van der Waals surface area contributed by atoms with Gasteiger partial charge in [0, 0.05) is 17.8 Å². The van der Waals surface area contributed by atoms with Crippen LogP contribution in [0.5, 0.6) is 0 Å². The van der Waals surface area contributed by atoms with Crippen LogP contribution in [0.25, 0.3) is 0 Å². The van der Waals surface area contributed by atoms with E-state index in [1.54, 1.807) is 0 Å². The summed E-state index contributed by atoms with van der Waals surface area (Å²) in [6.45, 7) is 6.03. The van der Waals surface area contributed by atoms with Crippen molar-refractivity contribution >= 4 is 17.7 Å². The molecule has 0 aliphatic carbocycles. The van der Waals surface area contributed by atoms with E-state index in [2.05, 4.69) is 12.2 Å². The van der Waals surface area contributed by atoms with Crippen molar-refractivity contribution < 1.29 is 4.79 Å². The van der Waals surface area contributed by atoms with Gasteiger partial charge in [-0.15, -0.1) is 0 Å². The molecule has 0 aliphatic heterocycles. The lowest BCUT2D eigenvalue weighted by Crippen LogP contribution is -2.41. The lowest BCUT2D eigenvalue weighted by atomic mass is 9.94. The first kappa shape index (κ1) is 16.1. The second kappa shape index (κ2) is 8.23. The van der Waals surface area contributed by atoms with Crippen LogP contribution in [0.2, 0.25) is 0 Å². The summed E-state index contributed by atoms with van der Waals surface area (Å²) >= 11 is 1.83. The predicted octanol–water partition coefficient (Wildman–Crippen LogP) is 2.58. The van der Waals surface area contributed by atoms with Gasteiger partial charge in [-0.05, 0) is 18.2 Å². The van der Waals surface area contributed by atoms with Crippen molar-refractivity contribution in [2.75, 3.05) is 11.5 Å². The van der Waals surface area contributed by atoms with Gasteiger partial charge in [0.25, 0.3) is 0 Å². The molecule has 1 aromatic rings. The molecule has 0 bridgehead atoms. The minimum atomic E-state index is -0.257. The molecular formula is C15H24N2OS. The Kier molecular flexibility index (Phi) is 6.95. The number of carbonyl (C=O) groups is 1. The summed E-state index contributed by atoms with van der Waals surface area (Å²) in [6, 6.07) is 9.69. The molecule has 1 amide bonds. The Bertz CT molecular complexity index is 383. The molecule has 1 rings (SSSR count). The quantitative estimate of drug-likeness (QED) is 0.807. The molecule has 0 saturated carbocycles. The van der Waals surface area contributed by atoms with Crippen molar-refractivity contribution in [1.82, 2.24) is 5.32 Å². The van der Waals surface area contributed by atoms with Gasteiger partial charge in [-0.25, -0.2) is 0 Å². The summed E-state index contributed by atoms with van der Waals surface area (Å²) in [6.07, 6.45) is 0. The Labute approximate surface area is 120 Å². The van der Waals surface area contributed by atoms with Crippen molar-refractivity contribution in [3.8, 4) is 0 Å². The summed E-state index contributed by atoms with van der Waals surface area (Å²) in [5.41, 5.74) is 7.15. The van der Waals surface area contributed by atoms with Crippen molar-refractivity contribution in [2.24, 2.45) is 11.7 Å². The Morgan fingerprint density at radius 3 is 2.53 bits per heavy atom. The van der Waals surface area contributed by atoms with Gasteiger partial charge >= 0.3 is 0 Å². The smallest absolute Gasteiger partial charge is 0.224 e. The number of hydrogen-bond acceptors (Lipinski definition) is 3. The highest BCUT2D eigenvalue weighted by molar-refractivity contribution is 7.99. The van der Waals surface area contributed by atoms with Crippen LogP contribution >= 0.6 is 11.8 Å². The fraction of sp³-hybridized carbons (Fsp3) is 0.533. The zero-order chi connectivity index (χ0) is 14.3. The van der Waals surface area contributed by atoms with E-state index in [0.29, 0.717) is 0 Å². The molecule has 1 aromatic carbocycles. The molecule has 3 unspecified atom stereocenters.